The summed E-state index contributed by atoms with van der Waals surface area (Å²) in [7, 11) is 1.44. The lowest BCUT2D eigenvalue weighted by Crippen LogP contribution is -2.33. The summed E-state index contributed by atoms with van der Waals surface area (Å²) < 4.78 is 65.5. The third-order valence-electron chi connectivity index (χ3n) is 4.77. The summed E-state index contributed by atoms with van der Waals surface area (Å²) in [6, 6.07) is 6.02. The van der Waals surface area contributed by atoms with Crippen molar-refractivity contribution in [3.05, 3.63) is 59.4 Å². The highest BCUT2D eigenvalue weighted by Crippen LogP contribution is 2.37. The lowest BCUT2D eigenvalue weighted by atomic mass is 9.87. The van der Waals surface area contributed by atoms with Crippen LogP contribution in [-0.4, -0.2) is 35.3 Å². The number of aromatic nitrogens is 1. The van der Waals surface area contributed by atoms with Gasteiger partial charge in [0.15, 0.2) is 0 Å². The van der Waals surface area contributed by atoms with Crippen molar-refractivity contribution in [2.24, 2.45) is 5.92 Å². The van der Waals surface area contributed by atoms with Crippen molar-refractivity contribution in [3.63, 3.8) is 0 Å². The molecule has 0 spiro atoms. The minimum atomic E-state index is -4.73. The summed E-state index contributed by atoms with van der Waals surface area (Å²) in [5, 5.41) is 2.13. The number of carbonyl (C=O) groups is 2. The Bertz CT molecular complexity index is 932. The highest BCUT2D eigenvalue weighted by molar-refractivity contribution is 6.08. The Balaban J connectivity index is 1.92. The molecule has 0 radical (unpaired) electrons. The number of halogens is 5. The maximum atomic E-state index is 13.2. The van der Waals surface area contributed by atoms with Crippen LogP contribution in [0.5, 0.6) is 0 Å². The molecule has 1 aliphatic rings. The molecule has 2 atom stereocenters. The number of likely N-dealkylation sites (tertiary alicyclic amines) is 1. The van der Waals surface area contributed by atoms with E-state index in [1.54, 1.807) is 0 Å². The molecule has 1 N–H and O–H groups in total. The van der Waals surface area contributed by atoms with E-state index in [0.29, 0.717) is 11.6 Å². The van der Waals surface area contributed by atoms with Gasteiger partial charge < -0.3 is 10.2 Å². The minimum absolute atomic E-state index is 0.0722. The van der Waals surface area contributed by atoms with Gasteiger partial charge in [0, 0.05) is 31.3 Å². The molecule has 1 aromatic carbocycles. The Labute approximate surface area is 162 Å². The normalized spacial score (nSPS) is 19.7. The van der Waals surface area contributed by atoms with Gasteiger partial charge in [-0.1, -0.05) is 18.2 Å². The highest BCUT2D eigenvalue weighted by Gasteiger charge is 2.45. The molecular weight excluding hydrogens is 397 g/mol. The number of amides is 2. The molecule has 2 heterocycles. The Hall–Kier alpha value is -3.04. The van der Waals surface area contributed by atoms with Crippen molar-refractivity contribution >= 4 is 17.5 Å². The Kier molecular flexibility index (Phi) is 5.54. The lowest BCUT2D eigenvalue weighted by Gasteiger charge is -2.19. The number of anilines is 1. The van der Waals surface area contributed by atoms with Crippen molar-refractivity contribution in [2.45, 2.75) is 18.5 Å². The molecule has 1 aromatic heterocycles. The maximum absolute atomic E-state index is 13.2. The molecule has 0 saturated carbocycles. The number of hydrogen-bond acceptors (Lipinski definition) is 3. The zero-order chi connectivity index (χ0) is 21.3. The van der Waals surface area contributed by atoms with Gasteiger partial charge in [0.25, 0.3) is 6.43 Å². The largest absolute Gasteiger partial charge is 0.418 e. The first-order valence-corrected chi connectivity index (χ1v) is 8.54. The first-order valence-electron chi connectivity index (χ1n) is 8.54. The van der Waals surface area contributed by atoms with Gasteiger partial charge in [-0.15, -0.1) is 0 Å². The zero-order valence-electron chi connectivity index (χ0n) is 15.1. The second-order valence-corrected chi connectivity index (χ2v) is 6.68. The fraction of sp³-hybridized carbons (Fsp3) is 0.316. The third kappa shape index (κ3) is 4.20. The summed E-state index contributed by atoms with van der Waals surface area (Å²) in [6.45, 7) is 0.0722. The summed E-state index contributed by atoms with van der Waals surface area (Å²) in [4.78, 5) is 30.1. The first-order chi connectivity index (χ1) is 13.6. The fourth-order valence-corrected chi connectivity index (χ4v) is 3.37. The molecule has 0 bridgehead atoms. The van der Waals surface area contributed by atoms with Crippen molar-refractivity contribution in [1.82, 2.24) is 9.88 Å². The van der Waals surface area contributed by atoms with Gasteiger partial charge >= 0.3 is 6.18 Å². The predicted molar refractivity (Wildman–Crippen MR) is 93.1 cm³/mol. The van der Waals surface area contributed by atoms with Crippen LogP contribution in [0.2, 0.25) is 0 Å². The van der Waals surface area contributed by atoms with Gasteiger partial charge in [-0.05, 0) is 17.7 Å². The first kappa shape index (κ1) is 20.7. The van der Waals surface area contributed by atoms with E-state index >= 15 is 0 Å². The van der Waals surface area contributed by atoms with Crippen LogP contribution in [-0.2, 0) is 15.8 Å². The van der Waals surface area contributed by atoms with Gasteiger partial charge in [0.1, 0.15) is 5.92 Å². The van der Waals surface area contributed by atoms with Crippen LogP contribution in [0.25, 0.3) is 0 Å². The number of nitrogens with one attached hydrogen (secondary N) is 1. The summed E-state index contributed by atoms with van der Waals surface area (Å²) in [5.41, 5.74) is -1.61. The number of nitrogens with zero attached hydrogens (tertiary/aromatic N) is 2. The maximum Gasteiger partial charge on any atom is 0.418 e. The zero-order valence-corrected chi connectivity index (χ0v) is 15.1. The van der Waals surface area contributed by atoms with Crippen molar-refractivity contribution < 1.29 is 31.5 Å². The Morgan fingerprint density at radius 3 is 2.66 bits per heavy atom. The van der Waals surface area contributed by atoms with Crippen molar-refractivity contribution in [1.29, 1.82) is 0 Å². The summed E-state index contributed by atoms with van der Waals surface area (Å²) in [6.07, 6.45) is -5.68. The van der Waals surface area contributed by atoms with E-state index in [1.807, 2.05) is 0 Å². The molecule has 10 heteroatoms. The average molecular weight is 413 g/mol. The standard InChI is InChI=1S/C19H16F5N3O2/c1-27-9-12(10-3-2-4-11(7-10)16(20)21)15(18(27)29)17(28)26-14-8-25-6-5-13(14)19(22,23)24/h2-8,12,15-16H,9H2,1H3,(H,26,28)/t12-,15+/m1/s1. The number of likely N-dealkylation sites (N-methyl/N-ethyl adjacent to an activating group) is 1. The molecule has 2 aromatic rings. The van der Waals surface area contributed by atoms with Gasteiger partial charge in [-0.25, -0.2) is 8.78 Å². The van der Waals surface area contributed by atoms with Crippen molar-refractivity contribution in [3.8, 4) is 0 Å². The Morgan fingerprint density at radius 2 is 2.00 bits per heavy atom. The lowest BCUT2D eigenvalue weighted by molar-refractivity contribution is -0.137. The smallest absolute Gasteiger partial charge is 0.344 e. The molecule has 0 aliphatic carbocycles. The number of alkyl halides is 5. The molecule has 2 amide bonds. The van der Waals surface area contributed by atoms with E-state index in [9.17, 15) is 31.5 Å². The fourth-order valence-electron chi connectivity index (χ4n) is 3.37. The van der Waals surface area contributed by atoms with Gasteiger partial charge in [-0.2, -0.15) is 13.2 Å². The van der Waals surface area contributed by atoms with E-state index in [2.05, 4.69) is 10.3 Å². The van der Waals surface area contributed by atoms with E-state index < -0.39 is 47.5 Å². The molecule has 29 heavy (non-hydrogen) atoms. The van der Waals surface area contributed by atoms with Crippen LogP contribution in [0.15, 0.2) is 42.7 Å². The van der Waals surface area contributed by atoms with E-state index in [4.69, 9.17) is 0 Å². The van der Waals surface area contributed by atoms with Crippen LogP contribution < -0.4 is 5.32 Å². The van der Waals surface area contributed by atoms with E-state index in [0.717, 1.165) is 12.4 Å². The highest BCUT2D eigenvalue weighted by atomic mass is 19.4. The van der Waals surface area contributed by atoms with Crippen LogP contribution >= 0.6 is 0 Å². The van der Waals surface area contributed by atoms with E-state index in [-0.39, 0.29) is 12.1 Å². The molecule has 154 valence electrons. The molecule has 3 rings (SSSR count). The molecule has 1 aliphatic heterocycles. The summed E-state index contributed by atoms with van der Waals surface area (Å²) >= 11 is 0. The van der Waals surface area contributed by atoms with Crippen LogP contribution in [0.1, 0.15) is 29.0 Å². The van der Waals surface area contributed by atoms with E-state index in [1.165, 1.54) is 36.2 Å². The number of hydrogen-bond donors (Lipinski definition) is 1. The van der Waals surface area contributed by atoms with Crippen LogP contribution in [0.4, 0.5) is 27.6 Å². The van der Waals surface area contributed by atoms with Crippen LogP contribution in [0, 0.1) is 5.92 Å². The Morgan fingerprint density at radius 1 is 1.28 bits per heavy atom. The van der Waals surface area contributed by atoms with Gasteiger partial charge in [-0.3, -0.25) is 14.6 Å². The molecular formula is C19H16F5N3O2. The second kappa shape index (κ2) is 7.76. The van der Waals surface area contributed by atoms with Gasteiger partial charge in [0.2, 0.25) is 11.8 Å². The SMILES string of the molecule is CN1C[C@H](c2cccc(C(F)F)c2)[C@@H](C(=O)Nc2cnccc2C(F)(F)F)C1=O. The predicted octanol–water partition coefficient (Wildman–Crippen LogP) is 3.85. The number of benzene rings is 1. The molecule has 1 saturated heterocycles. The number of rotatable bonds is 4. The van der Waals surface area contributed by atoms with Gasteiger partial charge in [0.05, 0.1) is 17.4 Å². The molecule has 5 nitrogen and oxygen atoms in total. The third-order valence-corrected chi connectivity index (χ3v) is 4.77. The minimum Gasteiger partial charge on any atom is -0.344 e. The second-order valence-electron chi connectivity index (χ2n) is 6.68. The average Bonchev–Trinajstić information content (AvgIpc) is 2.96. The summed E-state index contributed by atoms with van der Waals surface area (Å²) in [5.74, 6) is -3.69. The van der Waals surface area contributed by atoms with Crippen LogP contribution in [0.3, 0.4) is 0 Å². The quantitative estimate of drug-likeness (QED) is 0.612. The number of pyridine rings is 1. The monoisotopic (exact) mass is 413 g/mol. The molecule has 1 fully saturated rings. The topological polar surface area (TPSA) is 62.3 Å². The van der Waals surface area contributed by atoms with Crippen molar-refractivity contribution in [2.75, 3.05) is 18.9 Å². The number of carbonyl (C=O) groups excluding carboxylic acids is 2. The molecule has 0 unspecified atom stereocenters.